The normalized spacial score (nSPS) is 10.5. The fourth-order valence-electron chi connectivity index (χ4n) is 2.44. The Labute approximate surface area is 157 Å². The summed E-state index contributed by atoms with van der Waals surface area (Å²) in [6.07, 6.45) is 0. The molecule has 0 unspecified atom stereocenters. The topological polar surface area (TPSA) is 66.9 Å². The van der Waals surface area contributed by atoms with E-state index in [0.29, 0.717) is 22.4 Å². The monoisotopic (exact) mass is 366 g/mol. The fraction of sp³-hybridized carbons (Fsp3) is 0.150. The number of carbonyl (C=O) groups excluding carboxylic acids is 1. The molecule has 132 valence electrons. The van der Waals surface area contributed by atoms with Gasteiger partial charge in [-0.25, -0.2) is 9.97 Å². The largest absolute Gasteiger partial charge is 0.324 e. The van der Waals surface area contributed by atoms with Crippen molar-refractivity contribution in [3.63, 3.8) is 0 Å². The average molecular weight is 367 g/mol. The van der Waals surface area contributed by atoms with Gasteiger partial charge in [0.25, 0.3) is 5.91 Å². The molecule has 1 aromatic heterocycles. The zero-order valence-electron chi connectivity index (χ0n) is 14.8. The summed E-state index contributed by atoms with van der Waals surface area (Å²) < 4.78 is 0. The first-order valence-corrected chi connectivity index (χ1v) is 8.56. The lowest BCUT2D eigenvalue weighted by Crippen LogP contribution is -2.16. The summed E-state index contributed by atoms with van der Waals surface area (Å²) in [5, 5.41) is 6.63. The van der Waals surface area contributed by atoms with Gasteiger partial charge in [-0.1, -0.05) is 35.9 Å². The molecule has 0 aliphatic carbocycles. The molecule has 26 heavy (non-hydrogen) atoms. The van der Waals surface area contributed by atoms with Gasteiger partial charge in [0.05, 0.1) is 0 Å². The molecule has 3 aromatic rings. The first-order valence-electron chi connectivity index (χ1n) is 8.18. The van der Waals surface area contributed by atoms with Crippen LogP contribution in [0.2, 0.25) is 5.02 Å². The first-order chi connectivity index (χ1) is 12.4. The Hall–Kier alpha value is -2.92. The van der Waals surface area contributed by atoms with E-state index in [1.54, 1.807) is 12.1 Å². The summed E-state index contributed by atoms with van der Waals surface area (Å²) in [7, 11) is 0. The predicted molar refractivity (Wildman–Crippen MR) is 105 cm³/mol. The summed E-state index contributed by atoms with van der Waals surface area (Å²) in [5.41, 5.74) is 4.47. The Morgan fingerprint density at radius 1 is 0.962 bits per heavy atom. The van der Waals surface area contributed by atoms with E-state index < -0.39 is 0 Å². The maximum Gasteiger partial charge on any atom is 0.274 e. The fourth-order valence-corrected chi connectivity index (χ4v) is 2.62. The molecule has 1 heterocycles. The van der Waals surface area contributed by atoms with Crippen molar-refractivity contribution < 1.29 is 4.79 Å². The van der Waals surface area contributed by atoms with Crippen molar-refractivity contribution in [3.8, 4) is 0 Å². The van der Waals surface area contributed by atoms with Gasteiger partial charge in [-0.05, 0) is 56.2 Å². The highest BCUT2D eigenvalue weighted by Gasteiger charge is 2.12. The lowest BCUT2D eigenvalue weighted by atomic mass is 10.2. The van der Waals surface area contributed by atoms with Crippen LogP contribution in [0.4, 0.5) is 17.3 Å². The third kappa shape index (κ3) is 4.18. The van der Waals surface area contributed by atoms with Crippen molar-refractivity contribution in [2.45, 2.75) is 20.8 Å². The van der Waals surface area contributed by atoms with Crippen molar-refractivity contribution in [1.82, 2.24) is 9.97 Å². The van der Waals surface area contributed by atoms with Gasteiger partial charge in [-0.3, -0.25) is 4.79 Å². The Bertz CT molecular complexity index is 972. The zero-order chi connectivity index (χ0) is 18.7. The number of rotatable bonds is 4. The number of aromatic nitrogens is 2. The highest BCUT2D eigenvalue weighted by Crippen LogP contribution is 2.22. The third-order valence-corrected chi connectivity index (χ3v) is 4.32. The average Bonchev–Trinajstić information content (AvgIpc) is 2.59. The molecule has 0 spiro atoms. The van der Waals surface area contributed by atoms with Gasteiger partial charge in [0, 0.05) is 22.1 Å². The number of carbonyl (C=O) groups is 1. The van der Waals surface area contributed by atoms with Crippen molar-refractivity contribution >= 4 is 34.8 Å². The molecule has 0 saturated carbocycles. The minimum Gasteiger partial charge on any atom is -0.324 e. The van der Waals surface area contributed by atoms with Crippen LogP contribution >= 0.6 is 11.6 Å². The number of para-hydroxylation sites is 1. The number of hydrogen-bond acceptors (Lipinski definition) is 4. The lowest BCUT2D eigenvalue weighted by molar-refractivity contribution is 0.102. The first kappa shape index (κ1) is 17.9. The van der Waals surface area contributed by atoms with Crippen LogP contribution in [-0.4, -0.2) is 15.9 Å². The van der Waals surface area contributed by atoms with E-state index >= 15 is 0 Å². The third-order valence-electron chi connectivity index (χ3n) is 3.91. The minimum atomic E-state index is -0.283. The van der Waals surface area contributed by atoms with Gasteiger partial charge in [0.2, 0.25) is 5.95 Å². The molecule has 0 aliphatic heterocycles. The summed E-state index contributed by atoms with van der Waals surface area (Å²) in [4.78, 5) is 21.2. The highest BCUT2D eigenvalue weighted by molar-refractivity contribution is 6.31. The van der Waals surface area contributed by atoms with Crippen LogP contribution in [0.25, 0.3) is 0 Å². The minimum absolute atomic E-state index is 0.283. The van der Waals surface area contributed by atoms with Gasteiger partial charge in [-0.2, -0.15) is 0 Å². The second-order valence-corrected chi connectivity index (χ2v) is 6.48. The molecule has 2 N–H and O–H groups in total. The molecule has 0 radical (unpaired) electrons. The summed E-state index contributed by atoms with van der Waals surface area (Å²) in [5.74, 6) is 0.0645. The Morgan fingerprint density at radius 2 is 1.73 bits per heavy atom. The number of nitrogens with one attached hydrogen (secondary N) is 2. The van der Waals surface area contributed by atoms with E-state index in [1.807, 2.05) is 57.2 Å². The molecule has 0 atom stereocenters. The Morgan fingerprint density at radius 3 is 2.46 bits per heavy atom. The molecular weight excluding hydrogens is 348 g/mol. The van der Waals surface area contributed by atoms with Crippen LogP contribution in [0.15, 0.2) is 48.5 Å². The van der Waals surface area contributed by atoms with Crippen molar-refractivity contribution in [2.24, 2.45) is 0 Å². The number of amides is 1. The van der Waals surface area contributed by atoms with Gasteiger partial charge >= 0.3 is 0 Å². The molecule has 3 rings (SSSR count). The predicted octanol–water partition coefficient (Wildman–Crippen LogP) is 5.05. The summed E-state index contributed by atoms with van der Waals surface area (Å²) >= 11 is 6.15. The maximum atomic E-state index is 12.6. The smallest absolute Gasteiger partial charge is 0.274 e. The second kappa shape index (κ2) is 7.54. The molecule has 0 bridgehead atoms. The number of anilines is 3. The van der Waals surface area contributed by atoms with Crippen LogP contribution < -0.4 is 10.6 Å². The molecule has 0 aliphatic rings. The van der Waals surface area contributed by atoms with Crippen LogP contribution in [0.1, 0.15) is 27.3 Å². The van der Waals surface area contributed by atoms with Gasteiger partial charge < -0.3 is 10.6 Å². The molecule has 5 nitrogen and oxygen atoms in total. The highest BCUT2D eigenvalue weighted by atomic mass is 35.5. The molecule has 0 saturated heterocycles. The molecular formula is C20H19ClN4O. The Balaban J connectivity index is 1.84. The maximum absolute atomic E-state index is 12.6. The van der Waals surface area contributed by atoms with Crippen LogP contribution in [0, 0.1) is 20.8 Å². The van der Waals surface area contributed by atoms with Crippen molar-refractivity contribution in [1.29, 1.82) is 0 Å². The van der Waals surface area contributed by atoms with Crippen LogP contribution in [0.3, 0.4) is 0 Å². The molecule has 6 heteroatoms. The molecule has 1 amide bonds. The lowest BCUT2D eigenvalue weighted by Gasteiger charge is -2.10. The summed E-state index contributed by atoms with van der Waals surface area (Å²) in [6, 6.07) is 14.9. The number of benzene rings is 2. The standard InChI is InChI=1S/C20H19ClN4O/c1-12-8-9-15(11-16(12)21)23-20-22-14(3)10-18(25-20)19(26)24-17-7-5-4-6-13(17)2/h4-11H,1-3H3,(H,24,26)(H,22,23,25). The van der Waals surface area contributed by atoms with E-state index in [9.17, 15) is 4.79 Å². The zero-order valence-corrected chi connectivity index (χ0v) is 15.6. The van der Waals surface area contributed by atoms with Crippen LogP contribution in [0.5, 0.6) is 0 Å². The number of hydrogen-bond donors (Lipinski definition) is 2. The Kier molecular flexibility index (Phi) is 5.19. The van der Waals surface area contributed by atoms with E-state index in [1.165, 1.54) is 0 Å². The van der Waals surface area contributed by atoms with E-state index in [-0.39, 0.29) is 5.91 Å². The number of nitrogens with zero attached hydrogens (tertiary/aromatic N) is 2. The van der Waals surface area contributed by atoms with Crippen molar-refractivity contribution in [3.05, 3.63) is 76.1 Å². The number of aryl methyl sites for hydroxylation is 3. The van der Waals surface area contributed by atoms with Gasteiger partial charge in [-0.15, -0.1) is 0 Å². The molecule has 0 fully saturated rings. The number of halogens is 1. The summed E-state index contributed by atoms with van der Waals surface area (Å²) in [6.45, 7) is 5.69. The van der Waals surface area contributed by atoms with E-state index in [2.05, 4.69) is 20.6 Å². The quantitative estimate of drug-likeness (QED) is 0.678. The van der Waals surface area contributed by atoms with E-state index in [4.69, 9.17) is 11.6 Å². The van der Waals surface area contributed by atoms with Crippen molar-refractivity contribution in [2.75, 3.05) is 10.6 Å². The van der Waals surface area contributed by atoms with Gasteiger partial charge in [0.1, 0.15) is 5.69 Å². The SMILES string of the molecule is Cc1cc(C(=O)Nc2ccccc2C)nc(Nc2ccc(C)c(Cl)c2)n1. The molecule has 2 aromatic carbocycles. The van der Waals surface area contributed by atoms with Crippen LogP contribution in [-0.2, 0) is 0 Å². The van der Waals surface area contributed by atoms with Gasteiger partial charge in [0.15, 0.2) is 0 Å². The van der Waals surface area contributed by atoms with E-state index in [0.717, 1.165) is 22.5 Å². The second-order valence-electron chi connectivity index (χ2n) is 6.08.